The zero-order valence-corrected chi connectivity index (χ0v) is 41.0. The molecule has 6 aliphatic rings. The first-order chi connectivity index (χ1) is 34.9. The molecule has 1 amide bonds. The van der Waals surface area contributed by atoms with Crippen LogP contribution in [0.5, 0.6) is 11.5 Å². The number of morpholine rings is 4. The summed E-state index contributed by atoms with van der Waals surface area (Å²) in [5.74, 6) is 2.17. The lowest BCUT2D eigenvalue weighted by Gasteiger charge is -2.36. The van der Waals surface area contributed by atoms with Crippen molar-refractivity contribution in [2.75, 3.05) is 113 Å². The summed E-state index contributed by atoms with van der Waals surface area (Å²) in [6.07, 6.45) is 4.28. The SMILES string of the molecule is COc1ccc(-c2ccc3c(N4CCOC[C@@H]4C)nc(N4CCOC5(CC5)C4)nc3n2)cc1C(=O)O.COc1ccc(-c2ccc3c(N4CCOC[C@@H]4C)nc(N4CCOC5(CC5)C4)nc3n2)cc1C(N)=O. The molecule has 20 nitrogen and oxygen atoms in total. The second kappa shape index (κ2) is 19.2. The maximum Gasteiger partial charge on any atom is 0.339 e. The average Bonchev–Trinajstić information content (AvgIpc) is 4.35. The molecule has 2 saturated carbocycles. The number of nitrogens with zero attached hydrogens (tertiary/aromatic N) is 10. The first-order valence-corrected chi connectivity index (χ1v) is 24.7. The summed E-state index contributed by atoms with van der Waals surface area (Å²) in [6.45, 7) is 12.7. The van der Waals surface area contributed by atoms with Crippen LogP contribution in [0.1, 0.15) is 60.2 Å². The molecule has 2 aliphatic carbocycles. The van der Waals surface area contributed by atoms with Crippen LogP contribution in [0.25, 0.3) is 44.6 Å². The van der Waals surface area contributed by atoms with Gasteiger partial charge in [-0.15, -0.1) is 0 Å². The number of fused-ring (bicyclic) bond motifs is 2. The number of nitrogens with two attached hydrogens (primary N) is 1. The summed E-state index contributed by atoms with van der Waals surface area (Å²) in [6, 6.07) is 18.5. The summed E-state index contributed by atoms with van der Waals surface area (Å²) < 4.78 is 33.9. The van der Waals surface area contributed by atoms with Crippen molar-refractivity contribution >= 4 is 57.5 Å². The third kappa shape index (κ3) is 9.34. The lowest BCUT2D eigenvalue weighted by Crippen LogP contribution is -2.46. The van der Waals surface area contributed by atoms with Crippen LogP contribution in [-0.4, -0.2) is 163 Å². The molecule has 2 spiro atoms. The number of pyridine rings is 2. The van der Waals surface area contributed by atoms with Gasteiger partial charge in [0, 0.05) is 50.4 Å². The average molecular weight is 982 g/mol. The van der Waals surface area contributed by atoms with Crippen LogP contribution in [0, 0.1) is 0 Å². The fourth-order valence-corrected chi connectivity index (χ4v) is 10.1. The Kier molecular flexibility index (Phi) is 12.6. The molecule has 4 saturated heterocycles. The number of rotatable bonds is 10. The van der Waals surface area contributed by atoms with Gasteiger partial charge in [-0.2, -0.15) is 19.9 Å². The van der Waals surface area contributed by atoms with Gasteiger partial charge < -0.3 is 58.9 Å². The van der Waals surface area contributed by atoms with Crippen molar-refractivity contribution in [3.05, 3.63) is 71.8 Å². The van der Waals surface area contributed by atoms with Gasteiger partial charge in [-0.1, -0.05) is 0 Å². The van der Waals surface area contributed by atoms with Crippen LogP contribution in [0.15, 0.2) is 60.7 Å². The predicted molar refractivity (Wildman–Crippen MR) is 270 cm³/mol. The van der Waals surface area contributed by atoms with Crippen LogP contribution in [-0.2, 0) is 18.9 Å². The van der Waals surface area contributed by atoms with E-state index >= 15 is 0 Å². The highest BCUT2D eigenvalue weighted by molar-refractivity contribution is 5.97. The maximum absolute atomic E-state index is 12.0. The maximum atomic E-state index is 12.0. The summed E-state index contributed by atoms with van der Waals surface area (Å²) >= 11 is 0. The fourth-order valence-electron chi connectivity index (χ4n) is 10.1. The molecular weight excluding hydrogens is 923 g/mol. The van der Waals surface area contributed by atoms with Gasteiger partial charge in [0.05, 0.1) is 105 Å². The minimum absolute atomic E-state index is 0.0491. The lowest BCUT2D eigenvalue weighted by atomic mass is 10.1. The van der Waals surface area contributed by atoms with Crippen LogP contribution in [0.3, 0.4) is 0 Å². The largest absolute Gasteiger partial charge is 0.496 e. The van der Waals surface area contributed by atoms with E-state index in [9.17, 15) is 14.7 Å². The molecule has 12 rings (SSSR count). The number of aromatic nitrogens is 6. The number of hydrogen-bond acceptors (Lipinski definition) is 18. The van der Waals surface area contributed by atoms with Gasteiger partial charge in [0.15, 0.2) is 11.3 Å². The minimum Gasteiger partial charge on any atom is -0.496 e. The Morgan fingerprint density at radius 3 is 1.49 bits per heavy atom. The highest BCUT2D eigenvalue weighted by Crippen LogP contribution is 2.44. The first kappa shape index (κ1) is 47.3. The molecule has 0 bridgehead atoms. The second-order valence-electron chi connectivity index (χ2n) is 19.5. The van der Waals surface area contributed by atoms with Crippen LogP contribution in [0.2, 0.25) is 0 Å². The van der Waals surface area contributed by atoms with Crippen molar-refractivity contribution < 1.29 is 43.1 Å². The lowest BCUT2D eigenvalue weighted by molar-refractivity contribution is 0.0199. The monoisotopic (exact) mass is 981 g/mol. The third-order valence-electron chi connectivity index (χ3n) is 14.5. The molecule has 376 valence electrons. The van der Waals surface area contributed by atoms with Gasteiger partial charge in [0.25, 0.3) is 5.91 Å². The molecule has 4 aromatic heterocycles. The standard InChI is InChI=1S/C26H30N6O4.C26H29N5O5/c1-16-14-35-11-10-32(16)24-18-4-5-20(17-3-6-21(34-2)19(13-17)22(27)33)28-23(18)29-25(30-24)31-9-12-36-26(15-31)7-8-26;1-16-14-35-11-10-31(16)23-18-4-5-20(17-3-6-21(34-2)19(13-17)24(32)33)27-22(18)28-25(29-23)30-9-12-36-26(15-30)7-8-26/h3-6,13,16H,7-12,14-15H2,1-2H3,(H2,27,33);3-6,13,16H,7-12,14-15H2,1-2H3,(H,32,33)/t2*16-/m00/s1. The number of ether oxygens (including phenoxy) is 6. The normalized spacial score (nSPS) is 21.1. The van der Waals surface area contributed by atoms with Crippen molar-refractivity contribution in [2.45, 2.75) is 62.8 Å². The summed E-state index contributed by atoms with van der Waals surface area (Å²) in [7, 11) is 2.97. The first-order valence-electron chi connectivity index (χ1n) is 24.7. The highest BCUT2D eigenvalue weighted by Gasteiger charge is 2.49. The number of carboxylic acid groups (broad SMARTS) is 1. The van der Waals surface area contributed by atoms with Crippen molar-refractivity contribution in [2.24, 2.45) is 5.73 Å². The molecule has 6 aromatic rings. The van der Waals surface area contributed by atoms with E-state index in [4.69, 9.17) is 64.1 Å². The molecule has 2 aromatic carbocycles. The van der Waals surface area contributed by atoms with Gasteiger partial charge in [0.2, 0.25) is 11.9 Å². The minimum atomic E-state index is -1.05. The molecule has 72 heavy (non-hydrogen) atoms. The molecule has 8 heterocycles. The number of carbonyl (C=O) groups is 2. The summed E-state index contributed by atoms with van der Waals surface area (Å²) in [4.78, 5) is 62.5. The number of anilines is 4. The molecule has 0 radical (unpaired) electrons. The zero-order chi connectivity index (χ0) is 49.7. The van der Waals surface area contributed by atoms with E-state index in [-0.39, 0.29) is 28.8 Å². The Labute approximate surface area is 416 Å². The van der Waals surface area contributed by atoms with E-state index in [1.165, 1.54) is 14.2 Å². The Morgan fingerprint density at radius 2 is 1.07 bits per heavy atom. The Hall–Kier alpha value is -7.00. The smallest absolute Gasteiger partial charge is 0.339 e. The number of benzene rings is 2. The number of methoxy groups -OCH3 is 2. The Morgan fingerprint density at radius 1 is 0.611 bits per heavy atom. The van der Waals surface area contributed by atoms with Crippen LogP contribution in [0.4, 0.5) is 23.5 Å². The molecular formula is C52H59N11O9. The van der Waals surface area contributed by atoms with E-state index in [2.05, 4.69) is 33.4 Å². The summed E-state index contributed by atoms with van der Waals surface area (Å²) in [5, 5.41) is 11.4. The topological polar surface area (TPSA) is 226 Å². The van der Waals surface area contributed by atoms with E-state index in [0.29, 0.717) is 96.8 Å². The third-order valence-corrected chi connectivity index (χ3v) is 14.5. The van der Waals surface area contributed by atoms with Gasteiger partial charge in [0.1, 0.15) is 28.7 Å². The van der Waals surface area contributed by atoms with E-state index in [1.807, 2.05) is 36.4 Å². The number of amides is 1. The predicted octanol–water partition coefficient (Wildman–Crippen LogP) is 5.39. The summed E-state index contributed by atoms with van der Waals surface area (Å²) in [5.41, 5.74) is 9.83. The Bertz CT molecular complexity index is 2860. The zero-order valence-electron chi connectivity index (χ0n) is 41.0. The van der Waals surface area contributed by atoms with Gasteiger partial charge >= 0.3 is 5.97 Å². The van der Waals surface area contributed by atoms with E-state index in [0.717, 1.165) is 92.9 Å². The molecule has 2 atom stereocenters. The number of carbonyl (C=O) groups excluding carboxylic acids is 1. The number of carboxylic acids is 1. The number of hydrogen-bond donors (Lipinski definition) is 2. The number of primary amides is 1. The van der Waals surface area contributed by atoms with Gasteiger partial charge in [-0.05, 0) is 100 Å². The van der Waals surface area contributed by atoms with Crippen molar-refractivity contribution in [3.8, 4) is 34.0 Å². The molecule has 20 heteroatoms. The number of aromatic carboxylic acids is 1. The molecule has 0 unspecified atom stereocenters. The quantitative estimate of drug-likeness (QED) is 0.176. The molecule has 4 aliphatic heterocycles. The highest BCUT2D eigenvalue weighted by atomic mass is 16.5. The van der Waals surface area contributed by atoms with Crippen molar-refractivity contribution in [1.29, 1.82) is 0 Å². The van der Waals surface area contributed by atoms with E-state index < -0.39 is 11.9 Å². The van der Waals surface area contributed by atoms with Crippen LogP contribution < -0.4 is 34.8 Å². The van der Waals surface area contributed by atoms with Crippen molar-refractivity contribution in [3.63, 3.8) is 0 Å². The Balaban J connectivity index is 0.000000156. The van der Waals surface area contributed by atoms with Gasteiger partial charge in [-0.25, -0.2) is 14.8 Å². The molecule has 6 fully saturated rings. The molecule has 3 N–H and O–H groups in total. The van der Waals surface area contributed by atoms with Crippen molar-refractivity contribution in [1.82, 2.24) is 29.9 Å². The van der Waals surface area contributed by atoms with Gasteiger partial charge in [-0.3, -0.25) is 4.79 Å². The van der Waals surface area contributed by atoms with E-state index in [1.54, 1.807) is 24.3 Å². The van der Waals surface area contributed by atoms with Crippen LogP contribution >= 0.6 is 0 Å². The second-order valence-corrected chi connectivity index (χ2v) is 19.5. The fraction of sp³-hybridized carbons (Fsp3) is 0.462.